The van der Waals surface area contributed by atoms with Crippen LogP contribution in [-0.2, 0) is 11.3 Å². The van der Waals surface area contributed by atoms with Crippen LogP contribution in [0.2, 0.25) is 0 Å². The summed E-state index contributed by atoms with van der Waals surface area (Å²) in [5, 5.41) is 11.8. The van der Waals surface area contributed by atoms with Crippen LogP contribution in [0.25, 0.3) is 0 Å². The predicted octanol–water partition coefficient (Wildman–Crippen LogP) is 3.14. The number of carbonyl (C=O) groups excluding carboxylic acids is 1. The van der Waals surface area contributed by atoms with Gasteiger partial charge >= 0.3 is 0 Å². The summed E-state index contributed by atoms with van der Waals surface area (Å²) in [6.07, 6.45) is 6.89. The Hall–Kier alpha value is -1.82. The SMILES string of the molecule is N#Cc1cccc(CNC(=O)C2CCCCCC2)c1. The van der Waals surface area contributed by atoms with E-state index in [0.717, 1.165) is 18.4 Å². The van der Waals surface area contributed by atoms with Gasteiger partial charge in [0.1, 0.15) is 0 Å². The molecule has 1 aromatic carbocycles. The van der Waals surface area contributed by atoms with Gasteiger partial charge in [0, 0.05) is 12.5 Å². The average Bonchev–Trinajstić information content (AvgIpc) is 2.74. The van der Waals surface area contributed by atoms with Gasteiger partial charge in [-0.2, -0.15) is 5.26 Å². The monoisotopic (exact) mass is 256 g/mol. The number of hydrogen-bond acceptors (Lipinski definition) is 2. The number of nitrogens with one attached hydrogen (secondary N) is 1. The Morgan fingerprint density at radius 1 is 1.26 bits per heavy atom. The highest BCUT2D eigenvalue weighted by atomic mass is 16.1. The fraction of sp³-hybridized carbons (Fsp3) is 0.500. The Bertz CT molecular complexity index is 468. The maximum Gasteiger partial charge on any atom is 0.223 e. The second-order valence-corrected chi connectivity index (χ2v) is 5.22. The number of carbonyl (C=O) groups is 1. The first-order chi connectivity index (χ1) is 9.29. The smallest absolute Gasteiger partial charge is 0.223 e. The molecule has 3 nitrogen and oxygen atoms in total. The van der Waals surface area contributed by atoms with E-state index >= 15 is 0 Å². The van der Waals surface area contributed by atoms with Crippen molar-refractivity contribution in [3.8, 4) is 6.07 Å². The first kappa shape index (κ1) is 13.6. The molecule has 0 radical (unpaired) electrons. The molecule has 1 aromatic rings. The molecule has 3 heteroatoms. The molecule has 1 aliphatic carbocycles. The quantitative estimate of drug-likeness (QED) is 0.845. The van der Waals surface area contributed by atoms with Gasteiger partial charge in [0.2, 0.25) is 5.91 Å². The lowest BCUT2D eigenvalue weighted by Gasteiger charge is -2.14. The second kappa shape index (κ2) is 6.94. The third-order valence-electron chi connectivity index (χ3n) is 3.75. The zero-order valence-corrected chi connectivity index (χ0v) is 11.2. The van der Waals surface area contributed by atoms with Gasteiger partial charge in [-0.1, -0.05) is 37.8 Å². The molecule has 100 valence electrons. The van der Waals surface area contributed by atoms with Crippen LogP contribution in [0.4, 0.5) is 0 Å². The molecule has 19 heavy (non-hydrogen) atoms. The minimum absolute atomic E-state index is 0.171. The Morgan fingerprint density at radius 3 is 2.68 bits per heavy atom. The van der Waals surface area contributed by atoms with Crippen molar-refractivity contribution in [1.82, 2.24) is 5.32 Å². The number of nitrogens with zero attached hydrogens (tertiary/aromatic N) is 1. The molecule has 0 unspecified atom stereocenters. The molecular weight excluding hydrogens is 236 g/mol. The maximum atomic E-state index is 12.1. The number of rotatable bonds is 3. The number of amides is 1. The molecular formula is C16H20N2O. The normalized spacial score (nSPS) is 16.4. The molecule has 1 aliphatic rings. The van der Waals surface area contributed by atoms with Gasteiger partial charge in [0.15, 0.2) is 0 Å². The van der Waals surface area contributed by atoms with Crippen LogP contribution >= 0.6 is 0 Å². The van der Waals surface area contributed by atoms with Gasteiger partial charge in [-0.05, 0) is 30.5 Å². The largest absolute Gasteiger partial charge is 0.352 e. The highest BCUT2D eigenvalue weighted by molar-refractivity contribution is 5.78. The summed E-state index contributed by atoms with van der Waals surface area (Å²) < 4.78 is 0. The summed E-state index contributed by atoms with van der Waals surface area (Å²) in [6, 6.07) is 9.51. The van der Waals surface area contributed by atoms with E-state index in [-0.39, 0.29) is 11.8 Å². The third kappa shape index (κ3) is 4.10. The van der Waals surface area contributed by atoms with Crippen LogP contribution in [0.3, 0.4) is 0 Å². The van der Waals surface area contributed by atoms with Crippen molar-refractivity contribution in [3.05, 3.63) is 35.4 Å². The van der Waals surface area contributed by atoms with Crippen molar-refractivity contribution in [2.24, 2.45) is 5.92 Å². The third-order valence-corrected chi connectivity index (χ3v) is 3.75. The second-order valence-electron chi connectivity index (χ2n) is 5.22. The Morgan fingerprint density at radius 2 is 2.00 bits per heavy atom. The van der Waals surface area contributed by atoms with E-state index in [4.69, 9.17) is 5.26 Å². The van der Waals surface area contributed by atoms with Gasteiger partial charge in [-0.25, -0.2) is 0 Å². The van der Waals surface area contributed by atoms with Crippen LogP contribution in [0, 0.1) is 17.2 Å². The lowest BCUT2D eigenvalue weighted by molar-refractivity contribution is -0.125. The van der Waals surface area contributed by atoms with Gasteiger partial charge in [-0.15, -0.1) is 0 Å². The molecule has 1 N–H and O–H groups in total. The highest BCUT2D eigenvalue weighted by Crippen LogP contribution is 2.22. The number of benzene rings is 1. The number of nitriles is 1. The van der Waals surface area contributed by atoms with Crippen molar-refractivity contribution < 1.29 is 4.79 Å². The van der Waals surface area contributed by atoms with Crippen molar-refractivity contribution in [2.45, 2.75) is 45.1 Å². The molecule has 1 saturated carbocycles. The van der Waals surface area contributed by atoms with Crippen molar-refractivity contribution in [2.75, 3.05) is 0 Å². The molecule has 0 aliphatic heterocycles. The van der Waals surface area contributed by atoms with Gasteiger partial charge < -0.3 is 5.32 Å². The van der Waals surface area contributed by atoms with Crippen molar-refractivity contribution in [1.29, 1.82) is 5.26 Å². The first-order valence-electron chi connectivity index (χ1n) is 7.06. The van der Waals surface area contributed by atoms with Crippen LogP contribution < -0.4 is 5.32 Å². The standard InChI is InChI=1S/C16H20N2O/c17-11-13-6-5-7-14(10-13)12-18-16(19)15-8-3-1-2-4-9-15/h5-7,10,15H,1-4,8-9,12H2,(H,18,19). The van der Waals surface area contributed by atoms with Gasteiger partial charge in [0.25, 0.3) is 0 Å². The highest BCUT2D eigenvalue weighted by Gasteiger charge is 2.19. The molecule has 1 fully saturated rings. The average molecular weight is 256 g/mol. The summed E-state index contributed by atoms with van der Waals surface area (Å²) in [5.74, 6) is 0.353. The maximum absolute atomic E-state index is 12.1. The van der Waals surface area contributed by atoms with Crippen molar-refractivity contribution in [3.63, 3.8) is 0 Å². The molecule has 1 amide bonds. The molecule has 0 aromatic heterocycles. The lowest BCUT2D eigenvalue weighted by atomic mass is 9.99. The Kier molecular flexibility index (Phi) is 4.97. The van der Waals surface area contributed by atoms with E-state index in [0.29, 0.717) is 12.1 Å². The van der Waals surface area contributed by atoms with Crippen molar-refractivity contribution >= 4 is 5.91 Å². The predicted molar refractivity (Wildman–Crippen MR) is 74.2 cm³/mol. The number of hydrogen-bond donors (Lipinski definition) is 1. The summed E-state index contributed by atoms with van der Waals surface area (Å²) >= 11 is 0. The Labute approximate surface area is 114 Å². The summed E-state index contributed by atoms with van der Waals surface area (Å²) in [4.78, 5) is 12.1. The first-order valence-corrected chi connectivity index (χ1v) is 7.06. The van der Waals surface area contributed by atoms with Gasteiger partial charge in [0.05, 0.1) is 11.6 Å². The zero-order valence-electron chi connectivity index (χ0n) is 11.2. The fourth-order valence-electron chi connectivity index (χ4n) is 2.63. The minimum atomic E-state index is 0.171. The summed E-state index contributed by atoms with van der Waals surface area (Å²) in [6.45, 7) is 0.519. The van der Waals surface area contributed by atoms with E-state index in [1.165, 1.54) is 25.7 Å². The van der Waals surface area contributed by atoms with E-state index in [9.17, 15) is 4.79 Å². The molecule has 0 saturated heterocycles. The molecule has 2 rings (SSSR count). The summed E-state index contributed by atoms with van der Waals surface area (Å²) in [5.41, 5.74) is 1.63. The zero-order chi connectivity index (χ0) is 13.5. The molecule has 0 spiro atoms. The molecule has 0 bridgehead atoms. The summed E-state index contributed by atoms with van der Waals surface area (Å²) in [7, 11) is 0. The molecule has 0 heterocycles. The van der Waals surface area contributed by atoms with Crippen LogP contribution in [-0.4, -0.2) is 5.91 Å². The Balaban J connectivity index is 1.87. The topological polar surface area (TPSA) is 52.9 Å². The van der Waals surface area contributed by atoms with Crippen LogP contribution in [0.15, 0.2) is 24.3 Å². The lowest BCUT2D eigenvalue weighted by Crippen LogP contribution is -2.30. The van der Waals surface area contributed by atoms with E-state index in [2.05, 4.69) is 11.4 Å². The minimum Gasteiger partial charge on any atom is -0.352 e. The van der Waals surface area contributed by atoms with Crippen LogP contribution in [0.5, 0.6) is 0 Å². The molecule has 0 atom stereocenters. The van der Waals surface area contributed by atoms with Crippen LogP contribution in [0.1, 0.15) is 49.7 Å². The van der Waals surface area contributed by atoms with Gasteiger partial charge in [-0.3, -0.25) is 4.79 Å². The fourth-order valence-corrected chi connectivity index (χ4v) is 2.63. The van der Waals surface area contributed by atoms with E-state index < -0.39 is 0 Å². The van der Waals surface area contributed by atoms with E-state index in [1.54, 1.807) is 6.07 Å². The van der Waals surface area contributed by atoms with E-state index in [1.807, 2.05) is 18.2 Å².